The van der Waals surface area contributed by atoms with E-state index in [1.165, 1.54) is 11.8 Å². The van der Waals surface area contributed by atoms with Crippen LogP contribution in [0.4, 0.5) is 11.4 Å². The summed E-state index contributed by atoms with van der Waals surface area (Å²) in [4.78, 5) is 14.0. The molecule has 8 heteroatoms. The lowest BCUT2D eigenvalue weighted by molar-refractivity contribution is -0.137. The molecule has 1 N–H and O–H groups in total. The smallest absolute Gasteiger partial charge is 0.306 e. The summed E-state index contributed by atoms with van der Waals surface area (Å²) >= 11 is 1.45. The molecule has 0 aromatic heterocycles. The number of hydrogen-bond acceptors (Lipinski definition) is 6. The van der Waals surface area contributed by atoms with Gasteiger partial charge in [0.1, 0.15) is 5.75 Å². The van der Waals surface area contributed by atoms with Gasteiger partial charge in [-0.3, -0.25) is 4.79 Å². The van der Waals surface area contributed by atoms with Crippen molar-refractivity contribution in [3.63, 3.8) is 0 Å². The third-order valence-corrected chi connectivity index (χ3v) is 8.04. The zero-order valence-corrected chi connectivity index (χ0v) is 19.5. The second-order valence-electron chi connectivity index (χ2n) is 7.70. The first-order valence-electron chi connectivity index (χ1n) is 10.5. The van der Waals surface area contributed by atoms with Crippen LogP contribution in [0.3, 0.4) is 0 Å². The molecule has 1 atom stereocenters. The highest BCUT2D eigenvalue weighted by atomic mass is 32.2. The molecule has 31 heavy (non-hydrogen) atoms. The summed E-state index contributed by atoms with van der Waals surface area (Å²) in [7, 11) is -3.54. The minimum Gasteiger partial charge on any atom is -0.492 e. The molecule has 0 radical (unpaired) electrons. The van der Waals surface area contributed by atoms with E-state index in [0.29, 0.717) is 18.0 Å². The Bertz CT molecular complexity index is 1010. The number of hydrogen-bond donors (Lipinski definition) is 1. The molecule has 0 bridgehead atoms. The number of aliphatic carboxylic acids is 1. The van der Waals surface area contributed by atoms with Gasteiger partial charge < -0.3 is 14.7 Å². The van der Waals surface area contributed by atoms with Crippen molar-refractivity contribution in [2.24, 2.45) is 5.92 Å². The van der Waals surface area contributed by atoms with Crippen molar-refractivity contribution in [2.75, 3.05) is 30.1 Å². The van der Waals surface area contributed by atoms with E-state index >= 15 is 0 Å². The van der Waals surface area contributed by atoms with Gasteiger partial charge in [0.05, 0.1) is 34.3 Å². The number of carboxylic acid groups (broad SMARTS) is 1. The normalized spacial score (nSPS) is 17.6. The number of anilines is 2. The zero-order chi connectivity index (χ0) is 22.4. The number of unbranched alkanes of at least 4 members (excludes halogenated alkanes) is 1. The van der Waals surface area contributed by atoms with E-state index < -0.39 is 15.8 Å². The maximum Gasteiger partial charge on any atom is 0.306 e. The molecule has 0 fully saturated rings. The van der Waals surface area contributed by atoms with Gasteiger partial charge in [-0.1, -0.05) is 38.0 Å². The molecule has 6 nitrogen and oxygen atoms in total. The fourth-order valence-corrected chi connectivity index (χ4v) is 6.24. The Kier molecular flexibility index (Phi) is 7.89. The number of ether oxygens (including phenoxy) is 1. The van der Waals surface area contributed by atoms with Crippen LogP contribution in [0, 0.1) is 5.92 Å². The molecule has 3 rings (SSSR count). The number of fused-ring (bicyclic) bond motifs is 1. The Morgan fingerprint density at radius 3 is 2.65 bits per heavy atom. The summed E-state index contributed by atoms with van der Waals surface area (Å²) in [6, 6.07) is 13.3. The van der Waals surface area contributed by atoms with Gasteiger partial charge in [-0.25, -0.2) is 8.42 Å². The molecule has 1 heterocycles. The van der Waals surface area contributed by atoms with Crippen LogP contribution in [-0.2, 0) is 14.6 Å². The van der Waals surface area contributed by atoms with Crippen molar-refractivity contribution < 1.29 is 23.1 Å². The van der Waals surface area contributed by atoms with Crippen molar-refractivity contribution in [3.8, 4) is 5.75 Å². The van der Waals surface area contributed by atoms with Gasteiger partial charge in [-0.15, -0.1) is 11.8 Å². The fraction of sp³-hybridized carbons (Fsp3) is 0.435. The fourth-order valence-electron chi connectivity index (χ4n) is 3.84. The Morgan fingerprint density at radius 1 is 1.26 bits per heavy atom. The van der Waals surface area contributed by atoms with E-state index in [1.807, 2.05) is 42.7 Å². The number of sulfone groups is 1. The molecule has 2 aromatic carbocycles. The average Bonchev–Trinajstić information content (AvgIpc) is 2.85. The Balaban J connectivity index is 2.10. The molecule has 0 unspecified atom stereocenters. The number of nitrogens with zero attached hydrogens (tertiary/aromatic N) is 1. The average molecular weight is 464 g/mol. The lowest BCUT2D eigenvalue weighted by Gasteiger charge is -2.28. The topological polar surface area (TPSA) is 83.9 Å². The van der Waals surface area contributed by atoms with Crippen LogP contribution in [0.15, 0.2) is 52.3 Å². The lowest BCUT2D eigenvalue weighted by Crippen LogP contribution is -2.26. The van der Waals surface area contributed by atoms with Crippen LogP contribution in [0.5, 0.6) is 5.75 Å². The standard InChI is InChI=1S/C23H29NO5S2/c1-3-4-8-17-15-24(18-9-6-5-7-10-18)19-13-21(30-2)20(29-12-11-23(25)26)14-22(19)31(27,28)16-17/h5-7,9-10,13-14,17H,3-4,8,11-12,15-16H2,1-2H3,(H,25,26)/t17-/m0/s1. The summed E-state index contributed by atoms with van der Waals surface area (Å²) in [5, 5.41) is 8.90. The third-order valence-electron chi connectivity index (χ3n) is 5.37. The highest BCUT2D eigenvalue weighted by Gasteiger charge is 2.33. The first-order chi connectivity index (χ1) is 14.9. The number of carbonyl (C=O) groups is 1. The van der Waals surface area contributed by atoms with Crippen LogP contribution in [0.2, 0.25) is 0 Å². The Labute approximate surface area is 188 Å². The zero-order valence-electron chi connectivity index (χ0n) is 17.9. The molecule has 2 aromatic rings. The molecule has 1 aliphatic rings. The van der Waals surface area contributed by atoms with Crippen molar-refractivity contribution in [2.45, 2.75) is 42.4 Å². The van der Waals surface area contributed by atoms with E-state index in [4.69, 9.17) is 9.84 Å². The number of para-hydroxylation sites is 1. The summed E-state index contributed by atoms with van der Waals surface area (Å²) in [6.07, 6.45) is 4.61. The van der Waals surface area contributed by atoms with Crippen LogP contribution >= 0.6 is 11.8 Å². The lowest BCUT2D eigenvalue weighted by atomic mass is 10.0. The first-order valence-corrected chi connectivity index (χ1v) is 13.4. The van der Waals surface area contributed by atoms with Gasteiger partial charge in [0.2, 0.25) is 0 Å². The maximum atomic E-state index is 13.4. The molecule has 0 amide bonds. The first kappa shape index (κ1) is 23.5. The number of thioether (sulfide) groups is 1. The highest BCUT2D eigenvalue weighted by molar-refractivity contribution is 7.98. The molecular formula is C23H29NO5S2. The Morgan fingerprint density at radius 2 is 2.00 bits per heavy atom. The van der Waals surface area contributed by atoms with E-state index in [2.05, 4.69) is 11.8 Å². The van der Waals surface area contributed by atoms with Gasteiger partial charge in [-0.05, 0) is 36.8 Å². The quantitative estimate of drug-likeness (QED) is 0.524. The monoisotopic (exact) mass is 463 g/mol. The molecule has 1 aliphatic heterocycles. The van der Waals surface area contributed by atoms with Gasteiger partial charge in [0, 0.05) is 18.3 Å². The second kappa shape index (κ2) is 10.4. The number of benzene rings is 2. The van der Waals surface area contributed by atoms with Gasteiger partial charge in [-0.2, -0.15) is 0 Å². The van der Waals surface area contributed by atoms with Crippen LogP contribution in [-0.4, -0.2) is 44.7 Å². The van der Waals surface area contributed by atoms with E-state index in [1.54, 1.807) is 6.07 Å². The maximum absolute atomic E-state index is 13.4. The number of carboxylic acids is 1. The third kappa shape index (κ3) is 5.74. The molecule has 0 saturated carbocycles. The van der Waals surface area contributed by atoms with Gasteiger partial charge >= 0.3 is 5.97 Å². The van der Waals surface area contributed by atoms with Crippen molar-refractivity contribution in [3.05, 3.63) is 42.5 Å². The van der Waals surface area contributed by atoms with E-state index in [9.17, 15) is 13.2 Å². The summed E-state index contributed by atoms with van der Waals surface area (Å²) in [6.45, 7) is 2.73. The van der Waals surface area contributed by atoms with Crippen LogP contribution < -0.4 is 9.64 Å². The molecule has 0 spiro atoms. The summed E-state index contributed by atoms with van der Waals surface area (Å²) in [5.41, 5.74) is 1.61. The van der Waals surface area contributed by atoms with E-state index in [0.717, 1.165) is 29.8 Å². The van der Waals surface area contributed by atoms with Crippen molar-refractivity contribution in [1.29, 1.82) is 0 Å². The summed E-state index contributed by atoms with van der Waals surface area (Å²) < 4.78 is 32.5. The minimum atomic E-state index is -3.54. The largest absolute Gasteiger partial charge is 0.492 e. The van der Waals surface area contributed by atoms with Crippen LogP contribution in [0.25, 0.3) is 0 Å². The minimum absolute atomic E-state index is 0.0107. The van der Waals surface area contributed by atoms with Gasteiger partial charge in [0.25, 0.3) is 0 Å². The number of rotatable bonds is 9. The predicted molar refractivity (Wildman–Crippen MR) is 124 cm³/mol. The van der Waals surface area contributed by atoms with Crippen molar-refractivity contribution >= 4 is 38.9 Å². The van der Waals surface area contributed by atoms with Crippen molar-refractivity contribution in [1.82, 2.24) is 0 Å². The Hall–Kier alpha value is -2.19. The molecule has 0 aliphatic carbocycles. The van der Waals surface area contributed by atoms with Gasteiger partial charge in [0.15, 0.2) is 9.84 Å². The molecular weight excluding hydrogens is 434 g/mol. The second-order valence-corrected chi connectivity index (χ2v) is 10.5. The molecule has 0 saturated heterocycles. The van der Waals surface area contributed by atoms with Crippen LogP contribution in [0.1, 0.15) is 32.6 Å². The summed E-state index contributed by atoms with van der Waals surface area (Å²) in [5.74, 6) is -0.430. The predicted octanol–water partition coefficient (Wildman–Crippen LogP) is 4.99. The molecule has 168 valence electrons. The highest BCUT2D eigenvalue weighted by Crippen LogP contribution is 2.43. The SMILES string of the molecule is CCCC[C@H]1CN(c2ccccc2)c2cc(SC)c(OCCC(=O)O)cc2S(=O)(=O)C1. The van der Waals surface area contributed by atoms with E-state index in [-0.39, 0.29) is 29.6 Å².